The van der Waals surface area contributed by atoms with Gasteiger partial charge in [0, 0.05) is 24.1 Å². The number of nitrogens with zero attached hydrogens (tertiary/aromatic N) is 3. The Kier molecular flexibility index (Phi) is 4.67. The molecular weight excluding hydrogens is 373 g/mol. The lowest BCUT2D eigenvalue weighted by Gasteiger charge is -2.25. The van der Waals surface area contributed by atoms with Gasteiger partial charge < -0.3 is 13.8 Å². The van der Waals surface area contributed by atoms with Crippen molar-refractivity contribution < 1.29 is 18.1 Å². The third-order valence-electron chi connectivity index (χ3n) is 5.69. The van der Waals surface area contributed by atoms with Gasteiger partial charge in [0.2, 0.25) is 0 Å². The molecular formula is C22H22FN3O3. The fraction of sp³-hybridized carbons (Fsp3) is 0.364. The number of halogens is 1. The molecule has 0 radical (unpaired) electrons. The van der Waals surface area contributed by atoms with Gasteiger partial charge in [0.1, 0.15) is 23.0 Å². The fourth-order valence-electron chi connectivity index (χ4n) is 4.14. The minimum atomic E-state index is -0.357. The highest BCUT2D eigenvalue weighted by Crippen LogP contribution is 2.32. The van der Waals surface area contributed by atoms with E-state index in [9.17, 15) is 9.18 Å². The molecule has 150 valence electrons. The minimum Gasteiger partial charge on any atom is -0.455 e. The summed E-state index contributed by atoms with van der Waals surface area (Å²) in [5, 5.41) is 4.07. The molecule has 4 heterocycles. The molecule has 0 atom stereocenters. The SMILES string of the molecule is O=C(c1ccc(CN2CCCC2)o1)N1CCc2onc(-c3ccccc3F)c2C1. The first-order chi connectivity index (χ1) is 14.2. The molecule has 6 nitrogen and oxygen atoms in total. The van der Waals surface area contributed by atoms with E-state index < -0.39 is 0 Å². The molecule has 0 unspecified atom stereocenters. The topological polar surface area (TPSA) is 62.7 Å². The standard InChI is InChI=1S/C22H22FN3O3/c23-18-6-2-1-5-16(18)21-17-14-26(12-9-19(17)29-24-21)22(27)20-8-7-15(28-20)13-25-10-3-4-11-25/h1-2,5-8H,3-4,9-14H2. The molecule has 0 spiro atoms. The first-order valence-electron chi connectivity index (χ1n) is 10.0. The van der Waals surface area contributed by atoms with Crippen molar-refractivity contribution in [1.82, 2.24) is 15.0 Å². The van der Waals surface area contributed by atoms with Crippen molar-refractivity contribution in [1.29, 1.82) is 0 Å². The van der Waals surface area contributed by atoms with E-state index in [0.29, 0.717) is 42.3 Å². The molecule has 3 aromatic rings. The van der Waals surface area contributed by atoms with Gasteiger partial charge in [-0.3, -0.25) is 9.69 Å². The van der Waals surface area contributed by atoms with Gasteiger partial charge >= 0.3 is 0 Å². The summed E-state index contributed by atoms with van der Waals surface area (Å²) in [4.78, 5) is 17.0. The Morgan fingerprint density at radius 3 is 2.76 bits per heavy atom. The first-order valence-corrected chi connectivity index (χ1v) is 10.0. The summed E-state index contributed by atoms with van der Waals surface area (Å²) in [6, 6.07) is 10.1. The van der Waals surface area contributed by atoms with Gasteiger partial charge in [-0.25, -0.2) is 4.39 Å². The van der Waals surface area contributed by atoms with Crippen LogP contribution in [-0.4, -0.2) is 40.5 Å². The number of aromatic nitrogens is 1. The van der Waals surface area contributed by atoms with E-state index in [1.165, 1.54) is 18.9 Å². The second-order valence-corrected chi connectivity index (χ2v) is 7.64. The monoisotopic (exact) mass is 395 g/mol. The zero-order valence-electron chi connectivity index (χ0n) is 16.1. The number of fused-ring (bicyclic) bond motifs is 1. The fourth-order valence-corrected chi connectivity index (χ4v) is 4.14. The highest BCUT2D eigenvalue weighted by molar-refractivity contribution is 5.91. The molecule has 1 aromatic carbocycles. The molecule has 7 heteroatoms. The number of carbonyl (C=O) groups excluding carboxylic acids is 1. The zero-order valence-corrected chi connectivity index (χ0v) is 16.1. The molecule has 0 N–H and O–H groups in total. The third-order valence-corrected chi connectivity index (χ3v) is 5.69. The Labute approximate surface area is 167 Å². The average Bonchev–Trinajstić information content (AvgIpc) is 3.49. The second kappa shape index (κ2) is 7.48. The van der Waals surface area contributed by atoms with Crippen LogP contribution in [0.25, 0.3) is 11.3 Å². The predicted molar refractivity (Wildman–Crippen MR) is 104 cm³/mol. The quantitative estimate of drug-likeness (QED) is 0.671. The molecule has 0 aliphatic carbocycles. The third kappa shape index (κ3) is 3.46. The molecule has 0 saturated carbocycles. The number of carbonyl (C=O) groups is 1. The number of hydrogen-bond donors (Lipinski definition) is 0. The lowest BCUT2D eigenvalue weighted by atomic mass is 10.0. The Hall–Kier alpha value is -2.93. The lowest BCUT2D eigenvalue weighted by molar-refractivity contribution is 0.0693. The molecule has 2 aliphatic heterocycles. The summed E-state index contributed by atoms with van der Waals surface area (Å²) in [5.74, 6) is 1.34. The predicted octanol–water partition coefficient (Wildman–Crippen LogP) is 3.87. The zero-order chi connectivity index (χ0) is 19.8. The number of amides is 1. The summed E-state index contributed by atoms with van der Waals surface area (Å²) in [5.41, 5.74) is 1.61. The van der Waals surface area contributed by atoms with E-state index in [1.807, 2.05) is 6.07 Å². The summed E-state index contributed by atoms with van der Waals surface area (Å²) in [7, 11) is 0. The van der Waals surface area contributed by atoms with Crippen LogP contribution in [0.2, 0.25) is 0 Å². The van der Waals surface area contributed by atoms with Crippen molar-refractivity contribution in [2.24, 2.45) is 0 Å². The number of benzene rings is 1. The Morgan fingerprint density at radius 1 is 1.10 bits per heavy atom. The normalized spacial score (nSPS) is 16.9. The van der Waals surface area contributed by atoms with Crippen molar-refractivity contribution in [3.8, 4) is 11.3 Å². The molecule has 1 saturated heterocycles. The molecule has 29 heavy (non-hydrogen) atoms. The lowest BCUT2D eigenvalue weighted by Crippen LogP contribution is -2.35. The van der Waals surface area contributed by atoms with E-state index >= 15 is 0 Å². The Morgan fingerprint density at radius 2 is 1.93 bits per heavy atom. The molecule has 1 amide bonds. The van der Waals surface area contributed by atoms with E-state index in [2.05, 4.69) is 10.1 Å². The van der Waals surface area contributed by atoms with Gasteiger partial charge in [-0.1, -0.05) is 17.3 Å². The maximum absolute atomic E-state index is 14.2. The van der Waals surface area contributed by atoms with Crippen LogP contribution in [0.5, 0.6) is 0 Å². The van der Waals surface area contributed by atoms with Crippen molar-refractivity contribution in [3.63, 3.8) is 0 Å². The van der Waals surface area contributed by atoms with Crippen molar-refractivity contribution in [2.75, 3.05) is 19.6 Å². The van der Waals surface area contributed by atoms with E-state index in [4.69, 9.17) is 8.94 Å². The second-order valence-electron chi connectivity index (χ2n) is 7.64. The number of rotatable bonds is 4. The summed E-state index contributed by atoms with van der Waals surface area (Å²) in [6.07, 6.45) is 2.97. The van der Waals surface area contributed by atoms with Crippen LogP contribution in [0.4, 0.5) is 4.39 Å². The van der Waals surface area contributed by atoms with E-state index in [1.54, 1.807) is 29.2 Å². The summed E-state index contributed by atoms with van der Waals surface area (Å²) < 4.78 is 25.5. The minimum absolute atomic E-state index is 0.163. The van der Waals surface area contributed by atoms with Crippen molar-refractivity contribution in [3.05, 3.63) is 65.1 Å². The molecule has 2 aromatic heterocycles. The van der Waals surface area contributed by atoms with Gasteiger partial charge in [-0.2, -0.15) is 0 Å². The van der Waals surface area contributed by atoms with Gasteiger partial charge in [0.05, 0.1) is 13.1 Å². The summed E-state index contributed by atoms with van der Waals surface area (Å²) >= 11 is 0. The maximum Gasteiger partial charge on any atom is 0.289 e. The smallest absolute Gasteiger partial charge is 0.289 e. The van der Waals surface area contributed by atoms with Crippen LogP contribution in [0.3, 0.4) is 0 Å². The molecule has 5 rings (SSSR count). The largest absolute Gasteiger partial charge is 0.455 e. The molecule has 0 bridgehead atoms. The van der Waals surface area contributed by atoms with Crippen LogP contribution in [0, 0.1) is 5.82 Å². The van der Waals surface area contributed by atoms with Crippen LogP contribution in [0.1, 0.15) is 40.5 Å². The van der Waals surface area contributed by atoms with Gasteiger partial charge in [-0.15, -0.1) is 0 Å². The van der Waals surface area contributed by atoms with Gasteiger partial charge in [0.25, 0.3) is 5.91 Å². The Balaban J connectivity index is 1.34. The first kappa shape index (κ1) is 18.1. The number of likely N-dealkylation sites (tertiary alicyclic amines) is 1. The van der Waals surface area contributed by atoms with Crippen LogP contribution in [0.15, 0.2) is 45.3 Å². The molecule has 2 aliphatic rings. The maximum atomic E-state index is 14.2. The van der Waals surface area contributed by atoms with E-state index in [0.717, 1.165) is 31.0 Å². The number of furan rings is 1. The highest BCUT2D eigenvalue weighted by atomic mass is 19.1. The van der Waals surface area contributed by atoms with Crippen LogP contribution in [-0.2, 0) is 19.5 Å². The summed E-state index contributed by atoms with van der Waals surface area (Å²) in [6.45, 7) is 3.72. The Bertz CT molecular complexity index is 1040. The van der Waals surface area contributed by atoms with Crippen LogP contribution < -0.4 is 0 Å². The number of hydrogen-bond acceptors (Lipinski definition) is 5. The molecule has 1 fully saturated rings. The van der Waals surface area contributed by atoms with Gasteiger partial charge in [0.15, 0.2) is 5.76 Å². The average molecular weight is 395 g/mol. The van der Waals surface area contributed by atoms with Gasteiger partial charge in [-0.05, 0) is 50.2 Å². The van der Waals surface area contributed by atoms with Crippen LogP contribution >= 0.6 is 0 Å². The van der Waals surface area contributed by atoms with E-state index in [-0.39, 0.29) is 11.7 Å². The van der Waals surface area contributed by atoms with Crippen molar-refractivity contribution >= 4 is 5.91 Å². The highest BCUT2D eigenvalue weighted by Gasteiger charge is 2.30. The van der Waals surface area contributed by atoms with Crippen molar-refractivity contribution in [2.45, 2.75) is 32.4 Å².